The first-order chi connectivity index (χ1) is 22.7. The first kappa shape index (κ1) is 54.1. The average Bonchev–Trinajstić information content (AvgIpc) is 3.00. The van der Waals surface area contributed by atoms with Crippen LogP contribution >= 0.6 is 0 Å². The number of aliphatic carboxylic acids is 8. The molecule has 0 rings (SSSR count). The SMILES string of the molecule is O=C(O)CCCCC(=O)O.O=C(O)CCCCC(=O)O.O=C(O)CCCCC(=O)O.O=C(O)CCCCC(=O)O.OCC(CO)(CO)CO. The Bertz CT molecular complexity index is 719. The van der Waals surface area contributed by atoms with Crippen LogP contribution in [0.15, 0.2) is 0 Å². The maximum atomic E-state index is 9.90. The van der Waals surface area contributed by atoms with Gasteiger partial charge in [0.25, 0.3) is 0 Å². The first-order valence-electron chi connectivity index (χ1n) is 14.9. The van der Waals surface area contributed by atoms with E-state index in [2.05, 4.69) is 0 Å². The first-order valence-corrected chi connectivity index (χ1v) is 14.9. The summed E-state index contributed by atoms with van der Waals surface area (Å²) in [6, 6.07) is 0. The predicted molar refractivity (Wildman–Crippen MR) is 166 cm³/mol. The van der Waals surface area contributed by atoms with Crippen molar-refractivity contribution in [2.75, 3.05) is 26.4 Å². The van der Waals surface area contributed by atoms with Gasteiger partial charge in [0, 0.05) is 51.4 Å². The van der Waals surface area contributed by atoms with E-state index in [1.54, 1.807) is 0 Å². The van der Waals surface area contributed by atoms with Crippen LogP contribution < -0.4 is 0 Å². The number of aliphatic hydroxyl groups is 4. The topological polar surface area (TPSA) is 379 Å². The summed E-state index contributed by atoms with van der Waals surface area (Å²) in [4.78, 5) is 79.2. The standard InChI is InChI=1S/4C6H10O4.C5H12O4/c4*7-5(8)3-1-2-4-6(9)10;6-1-5(2-7,3-8)4-9/h4*1-4H2,(H,7,8)(H,9,10);6-9H,1-4H2. The number of rotatable bonds is 24. The lowest BCUT2D eigenvalue weighted by Gasteiger charge is -2.23. The summed E-state index contributed by atoms with van der Waals surface area (Å²) in [7, 11) is 0. The molecule has 288 valence electrons. The molecule has 12 N–H and O–H groups in total. The average molecular weight is 721 g/mol. The number of hydrogen-bond acceptors (Lipinski definition) is 12. The third-order valence-electron chi connectivity index (χ3n) is 5.47. The molecule has 0 amide bonds. The van der Waals surface area contributed by atoms with Gasteiger partial charge in [-0.05, 0) is 51.4 Å². The fourth-order valence-corrected chi connectivity index (χ4v) is 2.51. The Kier molecular flexibility index (Phi) is 42.0. The third-order valence-corrected chi connectivity index (χ3v) is 5.47. The normalized spacial score (nSPS) is 9.71. The molecule has 0 saturated carbocycles. The Balaban J connectivity index is -0.000000165. The molecule has 0 aromatic rings. The summed E-state index contributed by atoms with van der Waals surface area (Å²) in [6.07, 6.45) is 4.07. The second-order valence-corrected chi connectivity index (χ2v) is 10.1. The maximum Gasteiger partial charge on any atom is 0.303 e. The lowest BCUT2D eigenvalue weighted by atomic mass is 9.93. The quantitative estimate of drug-likeness (QED) is 0.0613. The minimum Gasteiger partial charge on any atom is -0.481 e. The zero-order valence-electron chi connectivity index (χ0n) is 27.3. The van der Waals surface area contributed by atoms with Crippen molar-refractivity contribution < 1.29 is 99.6 Å². The van der Waals surface area contributed by atoms with Gasteiger partial charge in [0.2, 0.25) is 0 Å². The van der Waals surface area contributed by atoms with Gasteiger partial charge in [-0.1, -0.05) is 0 Å². The summed E-state index contributed by atoms with van der Waals surface area (Å²) in [6.45, 7) is -1.62. The van der Waals surface area contributed by atoms with Crippen LogP contribution in [0, 0.1) is 5.41 Å². The van der Waals surface area contributed by atoms with E-state index < -0.39 is 79.6 Å². The van der Waals surface area contributed by atoms with Crippen molar-refractivity contribution in [1.29, 1.82) is 0 Å². The molecule has 0 aliphatic heterocycles. The summed E-state index contributed by atoms with van der Waals surface area (Å²) < 4.78 is 0. The lowest BCUT2D eigenvalue weighted by molar-refractivity contribution is -0.139. The summed E-state index contributed by atoms with van der Waals surface area (Å²) >= 11 is 0. The van der Waals surface area contributed by atoms with Gasteiger partial charge in [-0.25, -0.2) is 0 Å². The van der Waals surface area contributed by atoms with Gasteiger partial charge in [0.15, 0.2) is 0 Å². The number of unbranched alkanes of at least 4 members (excludes halogenated alkanes) is 4. The molecule has 49 heavy (non-hydrogen) atoms. The van der Waals surface area contributed by atoms with E-state index in [0.717, 1.165) is 0 Å². The predicted octanol–water partition coefficient (Wildman–Crippen LogP) is 0.806. The molecule has 0 saturated heterocycles. The zero-order valence-corrected chi connectivity index (χ0v) is 27.3. The highest BCUT2D eigenvalue weighted by molar-refractivity contribution is 5.69. The number of aliphatic hydroxyl groups excluding tert-OH is 4. The third kappa shape index (κ3) is 59.5. The summed E-state index contributed by atoms with van der Waals surface area (Å²) in [5, 5.41) is 99.0. The highest BCUT2D eigenvalue weighted by Gasteiger charge is 2.26. The highest BCUT2D eigenvalue weighted by atomic mass is 16.4. The van der Waals surface area contributed by atoms with Crippen molar-refractivity contribution in [3.63, 3.8) is 0 Å². The molecule has 0 spiro atoms. The molecule has 0 aliphatic carbocycles. The van der Waals surface area contributed by atoms with Crippen molar-refractivity contribution >= 4 is 47.8 Å². The molecule has 20 nitrogen and oxygen atoms in total. The van der Waals surface area contributed by atoms with E-state index in [1.807, 2.05) is 0 Å². The molecule has 0 heterocycles. The van der Waals surface area contributed by atoms with Crippen LogP contribution in [0.3, 0.4) is 0 Å². The fourth-order valence-electron chi connectivity index (χ4n) is 2.51. The molecular weight excluding hydrogens is 668 g/mol. The van der Waals surface area contributed by atoms with Gasteiger partial charge in [0.05, 0.1) is 31.8 Å². The second-order valence-electron chi connectivity index (χ2n) is 10.1. The van der Waals surface area contributed by atoms with Crippen molar-refractivity contribution in [3.05, 3.63) is 0 Å². The lowest BCUT2D eigenvalue weighted by Crippen LogP contribution is -2.37. The Labute approximate surface area is 282 Å². The second kappa shape index (κ2) is 38.1. The smallest absolute Gasteiger partial charge is 0.303 e. The minimum absolute atomic E-state index is 0.0628. The molecular formula is C29H52O20. The van der Waals surface area contributed by atoms with Gasteiger partial charge < -0.3 is 61.3 Å². The molecule has 0 unspecified atom stereocenters. The molecule has 20 heteroatoms. The van der Waals surface area contributed by atoms with Gasteiger partial charge in [-0.2, -0.15) is 0 Å². The van der Waals surface area contributed by atoms with Crippen LogP contribution in [0.1, 0.15) is 103 Å². The van der Waals surface area contributed by atoms with Gasteiger partial charge in [-0.3, -0.25) is 38.4 Å². The number of carboxylic acid groups (broad SMARTS) is 8. The maximum absolute atomic E-state index is 9.90. The van der Waals surface area contributed by atoms with Crippen LogP contribution in [0.5, 0.6) is 0 Å². The number of hydrogen-bond donors (Lipinski definition) is 12. The van der Waals surface area contributed by atoms with Crippen LogP contribution in [-0.2, 0) is 38.4 Å². The number of carboxylic acids is 8. The largest absolute Gasteiger partial charge is 0.481 e. The van der Waals surface area contributed by atoms with Crippen molar-refractivity contribution in [3.8, 4) is 0 Å². The minimum atomic E-state index is -1.11. The van der Waals surface area contributed by atoms with E-state index in [-0.39, 0.29) is 51.4 Å². The summed E-state index contributed by atoms with van der Waals surface area (Å²) in [5.41, 5.74) is -1.11. The van der Waals surface area contributed by atoms with E-state index in [9.17, 15) is 38.4 Å². The van der Waals surface area contributed by atoms with Crippen LogP contribution in [0.2, 0.25) is 0 Å². The fraction of sp³-hybridized carbons (Fsp3) is 0.724. The molecule has 0 radical (unpaired) electrons. The van der Waals surface area contributed by atoms with Crippen LogP contribution in [0.4, 0.5) is 0 Å². The Morgan fingerprint density at radius 1 is 0.265 bits per heavy atom. The molecule has 0 fully saturated rings. The molecule has 0 atom stereocenters. The van der Waals surface area contributed by atoms with E-state index in [4.69, 9.17) is 61.3 Å². The van der Waals surface area contributed by atoms with E-state index >= 15 is 0 Å². The Morgan fingerprint density at radius 3 is 0.408 bits per heavy atom. The van der Waals surface area contributed by atoms with Gasteiger partial charge in [0.1, 0.15) is 0 Å². The van der Waals surface area contributed by atoms with Crippen molar-refractivity contribution in [2.24, 2.45) is 5.41 Å². The zero-order chi connectivity index (χ0) is 39.3. The summed E-state index contributed by atoms with van der Waals surface area (Å²) in [5.74, 6) is -6.96. The molecule has 0 bridgehead atoms. The van der Waals surface area contributed by atoms with E-state index in [0.29, 0.717) is 51.4 Å². The Hall–Kier alpha value is -4.40. The molecule has 0 aromatic carbocycles. The van der Waals surface area contributed by atoms with Crippen LogP contribution in [0.25, 0.3) is 0 Å². The van der Waals surface area contributed by atoms with E-state index in [1.165, 1.54) is 0 Å². The highest BCUT2D eigenvalue weighted by Crippen LogP contribution is 2.12. The van der Waals surface area contributed by atoms with Gasteiger partial charge in [-0.15, -0.1) is 0 Å². The van der Waals surface area contributed by atoms with Crippen molar-refractivity contribution in [1.82, 2.24) is 0 Å². The van der Waals surface area contributed by atoms with Crippen molar-refractivity contribution in [2.45, 2.75) is 103 Å². The molecule has 0 aliphatic rings. The van der Waals surface area contributed by atoms with Gasteiger partial charge >= 0.3 is 47.8 Å². The van der Waals surface area contributed by atoms with Crippen LogP contribution in [-0.4, -0.2) is 135 Å². The number of carbonyl (C=O) groups is 8. The Morgan fingerprint density at radius 2 is 0.367 bits per heavy atom. The monoisotopic (exact) mass is 720 g/mol. The molecule has 0 aromatic heterocycles.